The number of nitrogens with two attached hydrogens (primary N) is 1. The van der Waals surface area contributed by atoms with Crippen molar-refractivity contribution in [1.29, 1.82) is 0 Å². The van der Waals surface area contributed by atoms with E-state index in [2.05, 4.69) is 23.8 Å². The molecule has 0 amide bonds. The largest absolute Gasteiger partial charge is 0.393 e. The standard InChI is InChI=1S/C14H27N3S/c1-3-17-8-4-12(5-9-17)16(2)11-14(6-7-14)10-13(15)18/h12H,3-11H2,1-2H3,(H2,15,18). The minimum atomic E-state index is 0.433. The Labute approximate surface area is 117 Å². The average Bonchev–Trinajstić information content (AvgIpc) is 3.07. The maximum atomic E-state index is 5.72. The van der Waals surface area contributed by atoms with Crippen LogP contribution in [0, 0.1) is 5.41 Å². The van der Waals surface area contributed by atoms with Gasteiger partial charge in [-0.3, -0.25) is 0 Å². The Morgan fingerprint density at radius 2 is 2.00 bits per heavy atom. The Morgan fingerprint density at radius 3 is 2.44 bits per heavy atom. The molecule has 2 N–H and O–H groups in total. The van der Waals surface area contributed by atoms with Crippen molar-refractivity contribution >= 4 is 17.2 Å². The SMILES string of the molecule is CCN1CCC(N(C)CC2(CC(N)=S)CC2)CC1. The minimum Gasteiger partial charge on any atom is -0.393 e. The molecule has 1 saturated carbocycles. The second-order valence-corrected chi connectivity index (χ2v) is 6.75. The molecule has 18 heavy (non-hydrogen) atoms. The first-order valence-corrected chi connectivity index (χ1v) is 7.66. The van der Waals surface area contributed by atoms with E-state index in [1.807, 2.05) is 0 Å². The number of hydrogen-bond donors (Lipinski definition) is 1. The summed E-state index contributed by atoms with van der Waals surface area (Å²) >= 11 is 5.08. The van der Waals surface area contributed by atoms with Crippen molar-refractivity contribution in [3.63, 3.8) is 0 Å². The highest BCUT2D eigenvalue weighted by atomic mass is 32.1. The molecule has 4 heteroatoms. The Morgan fingerprint density at radius 1 is 1.39 bits per heavy atom. The Bertz CT molecular complexity index is 293. The highest BCUT2D eigenvalue weighted by molar-refractivity contribution is 7.80. The number of nitrogens with zero attached hydrogens (tertiary/aromatic N) is 2. The summed E-state index contributed by atoms with van der Waals surface area (Å²) in [7, 11) is 2.28. The van der Waals surface area contributed by atoms with Gasteiger partial charge in [0.25, 0.3) is 0 Å². The summed E-state index contributed by atoms with van der Waals surface area (Å²) in [5.41, 5.74) is 6.15. The van der Waals surface area contributed by atoms with E-state index in [4.69, 9.17) is 18.0 Å². The van der Waals surface area contributed by atoms with Crippen molar-refractivity contribution in [1.82, 2.24) is 9.80 Å². The molecule has 0 unspecified atom stereocenters. The smallest absolute Gasteiger partial charge is 0.0733 e. The molecule has 1 aliphatic heterocycles. The third-order valence-electron chi connectivity index (χ3n) is 4.72. The molecule has 0 aromatic carbocycles. The fourth-order valence-corrected chi connectivity index (χ4v) is 3.58. The van der Waals surface area contributed by atoms with Crippen LogP contribution in [0.3, 0.4) is 0 Å². The number of hydrogen-bond acceptors (Lipinski definition) is 3. The molecule has 2 rings (SSSR count). The molecule has 0 radical (unpaired) electrons. The van der Waals surface area contributed by atoms with E-state index >= 15 is 0 Å². The second kappa shape index (κ2) is 5.85. The topological polar surface area (TPSA) is 32.5 Å². The van der Waals surface area contributed by atoms with Gasteiger partial charge in [0.05, 0.1) is 4.99 Å². The highest BCUT2D eigenvalue weighted by Crippen LogP contribution is 2.49. The van der Waals surface area contributed by atoms with Gasteiger partial charge in [0.15, 0.2) is 0 Å². The molecule has 104 valence electrons. The van der Waals surface area contributed by atoms with Crippen LogP contribution in [0.25, 0.3) is 0 Å². The van der Waals surface area contributed by atoms with Crippen LogP contribution in [-0.4, -0.2) is 54.1 Å². The lowest BCUT2D eigenvalue weighted by Crippen LogP contribution is -2.45. The van der Waals surface area contributed by atoms with Crippen LogP contribution in [0.5, 0.6) is 0 Å². The Kier molecular flexibility index (Phi) is 4.62. The van der Waals surface area contributed by atoms with Gasteiger partial charge in [-0.25, -0.2) is 0 Å². The van der Waals surface area contributed by atoms with Gasteiger partial charge in [-0.15, -0.1) is 0 Å². The van der Waals surface area contributed by atoms with Crippen molar-refractivity contribution in [2.45, 2.75) is 45.1 Å². The van der Waals surface area contributed by atoms with Gasteiger partial charge in [-0.2, -0.15) is 0 Å². The molecule has 2 aliphatic rings. The van der Waals surface area contributed by atoms with E-state index in [0.29, 0.717) is 10.4 Å². The molecule has 1 aliphatic carbocycles. The first-order chi connectivity index (χ1) is 8.54. The van der Waals surface area contributed by atoms with Gasteiger partial charge >= 0.3 is 0 Å². The van der Waals surface area contributed by atoms with Gasteiger partial charge in [0, 0.05) is 19.0 Å². The van der Waals surface area contributed by atoms with Gasteiger partial charge in [-0.05, 0) is 57.8 Å². The van der Waals surface area contributed by atoms with Crippen LogP contribution in [0.1, 0.15) is 39.0 Å². The molecule has 3 nitrogen and oxygen atoms in total. The molecule has 2 fully saturated rings. The molecular weight excluding hydrogens is 242 g/mol. The predicted molar refractivity (Wildman–Crippen MR) is 80.8 cm³/mol. The van der Waals surface area contributed by atoms with Crippen LogP contribution >= 0.6 is 12.2 Å². The number of piperidine rings is 1. The zero-order valence-corrected chi connectivity index (χ0v) is 12.6. The van der Waals surface area contributed by atoms with Gasteiger partial charge < -0.3 is 15.5 Å². The van der Waals surface area contributed by atoms with E-state index in [9.17, 15) is 0 Å². The minimum absolute atomic E-state index is 0.433. The lowest BCUT2D eigenvalue weighted by molar-refractivity contribution is 0.115. The lowest BCUT2D eigenvalue weighted by Gasteiger charge is -2.37. The van der Waals surface area contributed by atoms with E-state index < -0.39 is 0 Å². The van der Waals surface area contributed by atoms with Gasteiger partial charge in [-0.1, -0.05) is 19.1 Å². The van der Waals surface area contributed by atoms with Crippen LogP contribution in [0.4, 0.5) is 0 Å². The van der Waals surface area contributed by atoms with Crippen LogP contribution in [-0.2, 0) is 0 Å². The van der Waals surface area contributed by atoms with E-state index in [1.54, 1.807) is 0 Å². The monoisotopic (exact) mass is 269 g/mol. The lowest BCUT2D eigenvalue weighted by atomic mass is 9.98. The summed E-state index contributed by atoms with van der Waals surface area (Å²) in [6, 6.07) is 0.761. The van der Waals surface area contributed by atoms with Gasteiger partial charge in [0.2, 0.25) is 0 Å². The van der Waals surface area contributed by atoms with Crippen LogP contribution in [0.15, 0.2) is 0 Å². The zero-order valence-electron chi connectivity index (χ0n) is 11.8. The number of thiocarbonyl (C=S) groups is 1. The summed E-state index contributed by atoms with van der Waals surface area (Å²) in [4.78, 5) is 5.81. The first-order valence-electron chi connectivity index (χ1n) is 7.25. The van der Waals surface area contributed by atoms with Crippen molar-refractivity contribution in [3.05, 3.63) is 0 Å². The second-order valence-electron chi connectivity index (χ2n) is 6.22. The van der Waals surface area contributed by atoms with Crippen molar-refractivity contribution in [3.8, 4) is 0 Å². The Hall–Kier alpha value is -0.190. The Balaban J connectivity index is 1.78. The average molecular weight is 269 g/mol. The van der Waals surface area contributed by atoms with Crippen LogP contribution < -0.4 is 5.73 Å². The molecule has 1 heterocycles. The van der Waals surface area contributed by atoms with E-state index in [-0.39, 0.29) is 0 Å². The first kappa shape index (κ1) is 14.2. The summed E-state index contributed by atoms with van der Waals surface area (Å²) in [6.07, 6.45) is 6.19. The maximum Gasteiger partial charge on any atom is 0.0733 e. The molecule has 0 bridgehead atoms. The number of likely N-dealkylation sites (tertiary alicyclic amines) is 1. The van der Waals surface area contributed by atoms with E-state index in [0.717, 1.165) is 12.5 Å². The van der Waals surface area contributed by atoms with E-state index in [1.165, 1.54) is 51.9 Å². The molecule has 0 atom stereocenters. The van der Waals surface area contributed by atoms with Crippen molar-refractivity contribution in [2.75, 3.05) is 33.2 Å². The van der Waals surface area contributed by atoms with Crippen molar-refractivity contribution in [2.24, 2.45) is 11.1 Å². The molecular formula is C14H27N3S. The van der Waals surface area contributed by atoms with Gasteiger partial charge in [0.1, 0.15) is 0 Å². The summed E-state index contributed by atoms with van der Waals surface area (Å²) in [5.74, 6) is 0. The molecule has 1 saturated heterocycles. The zero-order chi connectivity index (χ0) is 13.2. The normalized spacial score (nSPS) is 24.4. The molecule has 0 aromatic rings. The third-order valence-corrected chi connectivity index (χ3v) is 4.86. The fourth-order valence-electron chi connectivity index (χ4n) is 3.27. The van der Waals surface area contributed by atoms with Crippen molar-refractivity contribution < 1.29 is 0 Å². The summed E-state index contributed by atoms with van der Waals surface area (Å²) in [6.45, 7) is 7.15. The van der Waals surface area contributed by atoms with Crippen LogP contribution in [0.2, 0.25) is 0 Å². The summed E-state index contributed by atoms with van der Waals surface area (Å²) < 4.78 is 0. The highest BCUT2D eigenvalue weighted by Gasteiger charge is 2.44. The molecule has 0 spiro atoms. The predicted octanol–water partition coefficient (Wildman–Crippen LogP) is 1.86. The molecule has 0 aromatic heterocycles. The number of rotatable bonds is 6. The third kappa shape index (κ3) is 3.65. The fraction of sp³-hybridized carbons (Fsp3) is 0.929. The quantitative estimate of drug-likeness (QED) is 0.746. The summed E-state index contributed by atoms with van der Waals surface area (Å²) in [5, 5.41) is 0. The maximum absolute atomic E-state index is 5.72.